The van der Waals surface area contributed by atoms with Crippen LogP contribution in [0.5, 0.6) is 0 Å². The maximum absolute atomic E-state index is 13.1. The molecule has 0 atom stereocenters. The van der Waals surface area contributed by atoms with Gasteiger partial charge in [-0.1, -0.05) is 13.0 Å². The fraction of sp³-hybridized carbons (Fsp3) is 0.368. The first kappa shape index (κ1) is 20.0. The fourth-order valence-electron chi connectivity index (χ4n) is 3.29. The van der Waals surface area contributed by atoms with Crippen LogP contribution in [0.2, 0.25) is 0 Å². The molecule has 10 heteroatoms. The Labute approximate surface area is 173 Å². The first-order valence-corrected chi connectivity index (χ1v) is 11.7. The minimum atomic E-state index is -3.68. The number of fused-ring (bicyclic) bond motifs is 1. The van der Waals surface area contributed by atoms with Crippen molar-refractivity contribution in [1.82, 2.24) is 19.0 Å². The summed E-state index contributed by atoms with van der Waals surface area (Å²) in [5.74, 6) is -0.331. The van der Waals surface area contributed by atoms with Gasteiger partial charge in [0.05, 0.1) is 30.3 Å². The van der Waals surface area contributed by atoms with E-state index < -0.39 is 10.0 Å². The number of hydrogen-bond donors (Lipinski definition) is 1. The largest absolute Gasteiger partial charge is 0.379 e. The molecule has 0 bridgehead atoms. The number of rotatable bonds is 6. The Kier molecular flexibility index (Phi) is 5.68. The average molecular weight is 435 g/mol. The number of amides is 1. The molecule has 3 heterocycles. The third kappa shape index (κ3) is 4.06. The van der Waals surface area contributed by atoms with E-state index >= 15 is 0 Å². The summed E-state index contributed by atoms with van der Waals surface area (Å²) in [5.41, 5.74) is 1.76. The number of aryl methyl sites for hydroxylation is 1. The molecule has 1 aliphatic rings. The molecule has 1 aliphatic heterocycles. The van der Waals surface area contributed by atoms with Gasteiger partial charge in [-0.2, -0.15) is 4.31 Å². The van der Waals surface area contributed by atoms with Crippen molar-refractivity contribution in [2.75, 3.05) is 26.3 Å². The molecule has 1 saturated heterocycles. The molecule has 2 aromatic heterocycles. The van der Waals surface area contributed by atoms with Crippen LogP contribution in [-0.2, 0) is 27.7 Å². The Morgan fingerprint density at radius 3 is 2.83 bits per heavy atom. The lowest BCUT2D eigenvalue weighted by molar-refractivity contribution is 0.0730. The predicted octanol–water partition coefficient (Wildman–Crippen LogP) is 1.91. The summed E-state index contributed by atoms with van der Waals surface area (Å²) < 4.78 is 34.8. The average Bonchev–Trinajstić information content (AvgIpc) is 3.34. The van der Waals surface area contributed by atoms with Gasteiger partial charge >= 0.3 is 0 Å². The van der Waals surface area contributed by atoms with Crippen LogP contribution in [0.15, 0.2) is 40.9 Å². The number of nitrogens with one attached hydrogen (secondary N) is 1. The highest BCUT2D eigenvalue weighted by Gasteiger charge is 2.29. The lowest BCUT2D eigenvalue weighted by Crippen LogP contribution is -2.41. The molecule has 0 unspecified atom stereocenters. The van der Waals surface area contributed by atoms with Crippen molar-refractivity contribution in [2.45, 2.75) is 24.8 Å². The number of carbonyl (C=O) groups excluding carboxylic acids is 1. The highest BCUT2D eigenvalue weighted by molar-refractivity contribution is 7.89. The molecule has 1 aromatic carbocycles. The van der Waals surface area contributed by atoms with Gasteiger partial charge in [0.2, 0.25) is 10.0 Å². The van der Waals surface area contributed by atoms with Crippen LogP contribution in [-0.4, -0.2) is 54.3 Å². The number of aromatic nitrogens is 2. The van der Waals surface area contributed by atoms with E-state index in [1.54, 1.807) is 12.1 Å². The summed E-state index contributed by atoms with van der Waals surface area (Å²) in [7, 11) is -3.68. The standard InChI is InChI=1S/C19H22N4O4S2/c1-2-14-3-4-15(11-17(14)29(25,26)23-5-8-27-9-6-23)18(24)20-12-16-13-22-7-10-28-19(22)21-16/h3-4,7,10-11,13H,2,5-6,8-9,12H2,1H3,(H,20,24). The molecule has 0 radical (unpaired) electrons. The molecule has 1 amide bonds. The summed E-state index contributed by atoms with van der Waals surface area (Å²) in [6.45, 7) is 3.57. The Bertz CT molecular complexity index is 1100. The highest BCUT2D eigenvalue weighted by atomic mass is 32.2. The molecule has 29 heavy (non-hydrogen) atoms. The maximum Gasteiger partial charge on any atom is 0.251 e. The number of ether oxygens (including phenoxy) is 1. The van der Waals surface area contributed by atoms with Crippen molar-refractivity contribution in [2.24, 2.45) is 0 Å². The maximum atomic E-state index is 13.1. The Morgan fingerprint density at radius 1 is 1.31 bits per heavy atom. The van der Waals surface area contributed by atoms with Crippen LogP contribution < -0.4 is 5.32 Å². The molecule has 0 saturated carbocycles. The lowest BCUT2D eigenvalue weighted by Gasteiger charge is -2.27. The molecular formula is C19H22N4O4S2. The van der Waals surface area contributed by atoms with Crippen LogP contribution in [0.1, 0.15) is 28.5 Å². The summed E-state index contributed by atoms with van der Waals surface area (Å²) >= 11 is 1.52. The number of nitrogens with zero attached hydrogens (tertiary/aromatic N) is 3. The van der Waals surface area contributed by atoms with Gasteiger partial charge in [0.1, 0.15) is 0 Å². The molecular weight excluding hydrogens is 412 g/mol. The zero-order valence-electron chi connectivity index (χ0n) is 16.0. The van der Waals surface area contributed by atoms with Crippen LogP contribution in [0.4, 0.5) is 0 Å². The molecule has 1 N–H and O–H groups in total. The quantitative estimate of drug-likeness (QED) is 0.640. The van der Waals surface area contributed by atoms with Crippen LogP contribution in [0.3, 0.4) is 0 Å². The predicted molar refractivity (Wildman–Crippen MR) is 110 cm³/mol. The van der Waals surface area contributed by atoms with Crippen LogP contribution >= 0.6 is 11.3 Å². The van der Waals surface area contributed by atoms with Crippen LogP contribution in [0.25, 0.3) is 4.96 Å². The summed E-state index contributed by atoms with van der Waals surface area (Å²) in [4.78, 5) is 18.1. The smallest absolute Gasteiger partial charge is 0.251 e. The number of morpholine rings is 1. The van der Waals surface area contributed by atoms with Crippen molar-refractivity contribution in [3.8, 4) is 0 Å². The first-order chi connectivity index (χ1) is 14.0. The monoisotopic (exact) mass is 434 g/mol. The van der Waals surface area contributed by atoms with Crippen molar-refractivity contribution in [3.05, 3.63) is 52.8 Å². The minimum Gasteiger partial charge on any atom is -0.379 e. The zero-order chi connectivity index (χ0) is 20.4. The molecule has 0 aliphatic carbocycles. The second kappa shape index (κ2) is 8.23. The molecule has 4 rings (SSSR count). The fourth-order valence-corrected chi connectivity index (χ4v) is 5.73. The van der Waals surface area contributed by atoms with Crippen LogP contribution in [0, 0.1) is 0 Å². The number of thiazole rings is 1. The highest BCUT2D eigenvalue weighted by Crippen LogP contribution is 2.23. The molecule has 8 nitrogen and oxygen atoms in total. The first-order valence-electron chi connectivity index (χ1n) is 9.39. The van der Waals surface area contributed by atoms with E-state index in [9.17, 15) is 13.2 Å². The number of hydrogen-bond acceptors (Lipinski definition) is 6. The van der Waals surface area contributed by atoms with Crippen molar-refractivity contribution in [1.29, 1.82) is 0 Å². The second-order valence-corrected chi connectivity index (χ2v) is 9.48. The third-order valence-corrected chi connectivity index (χ3v) is 7.62. The van der Waals surface area contributed by atoms with Crippen molar-refractivity contribution in [3.63, 3.8) is 0 Å². The van der Waals surface area contributed by atoms with E-state index in [0.29, 0.717) is 43.9 Å². The van der Waals surface area contributed by atoms with Gasteiger partial charge in [-0.05, 0) is 24.1 Å². The minimum absolute atomic E-state index is 0.192. The van der Waals surface area contributed by atoms with Crippen molar-refractivity contribution >= 4 is 32.2 Å². The summed E-state index contributed by atoms with van der Waals surface area (Å²) in [5, 5.41) is 4.76. The van der Waals surface area contributed by atoms with E-state index in [0.717, 1.165) is 10.7 Å². The third-order valence-electron chi connectivity index (χ3n) is 4.87. The number of carbonyl (C=O) groups is 1. The van der Waals surface area contributed by atoms with Gasteiger partial charge in [0.25, 0.3) is 5.91 Å². The summed E-state index contributed by atoms with van der Waals surface area (Å²) in [6, 6.07) is 4.86. The Hall–Kier alpha value is -2.27. The van der Waals surface area contributed by atoms with E-state index in [-0.39, 0.29) is 17.3 Å². The molecule has 0 spiro atoms. The van der Waals surface area contributed by atoms with Gasteiger partial charge in [-0.15, -0.1) is 11.3 Å². The molecule has 1 fully saturated rings. The van der Waals surface area contributed by atoms with E-state index in [4.69, 9.17) is 4.74 Å². The lowest BCUT2D eigenvalue weighted by atomic mass is 10.1. The summed E-state index contributed by atoms with van der Waals surface area (Å²) in [6.07, 6.45) is 4.33. The van der Waals surface area contributed by atoms with E-state index in [1.165, 1.54) is 21.7 Å². The zero-order valence-corrected chi connectivity index (χ0v) is 17.6. The second-order valence-electron chi connectivity index (χ2n) is 6.70. The Morgan fingerprint density at radius 2 is 2.10 bits per heavy atom. The van der Waals surface area contributed by atoms with Gasteiger partial charge in [0, 0.05) is 36.4 Å². The van der Waals surface area contributed by atoms with Crippen molar-refractivity contribution < 1.29 is 17.9 Å². The van der Waals surface area contributed by atoms with Gasteiger partial charge in [0.15, 0.2) is 4.96 Å². The Balaban J connectivity index is 1.54. The number of imidazole rings is 1. The van der Waals surface area contributed by atoms with E-state index in [2.05, 4.69) is 10.3 Å². The normalized spacial score (nSPS) is 15.6. The topological polar surface area (TPSA) is 93.0 Å². The number of benzene rings is 1. The van der Waals surface area contributed by atoms with Gasteiger partial charge in [-0.25, -0.2) is 13.4 Å². The SMILES string of the molecule is CCc1ccc(C(=O)NCc2cn3ccsc3n2)cc1S(=O)(=O)N1CCOCC1. The van der Waals surface area contributed by atoms with E-state index in [1.807, 2.05) is 29.1 Å². The van der Waals surface area contributed by atoms with Gasteiger partial charge in [-0.3, -0.25) is 9.20 Å². The van der Waals surface area contributed by atoms with Gasteiger partial charge < -0.3 is 10.1 Å². The molecule has 154 valence electrons. The molecule has 3 aromatic rings. The number of sulfonamides is 1.